The van der Waals surface area contributed by atoms with Crippen LogP contribution in [0.15, 0.2) is 160 Å². The summed E-state index contributed by atoms with van der Waals surface area (Å²) in [6, 6.07) is 48.8. The standard InChI is InChI=1S/C46H35N3O/c1-29-13-22-41-43(23-29)50-42-12-6-11-40(44(41)42)36-19-16-33-17-20-37(27-39(33)26-36)45(47)49-46(38-21-18-32-8-3-5-10-35(32)25-38)48-28-30-14-15-31-7-2-4-9-34(31)24-30/h2-22,24-27,29H,23,28H2,1H3,(H2,47,48,49). The van der Waals surface area contributed by atoms with E-state index in [4.69, 9.17) is 20.1 Å². The molecule has 0 amide bonds. The Morgan fingerprint density at radius 1 is 0.680 bits per heavy atom. The third kappa shape index (κ3) is 5.55. The van der Waals surface area contributed by atoms with Gasteiger partial charge in [0.25, 0.3) is 0 Å². The van der Waals surface area contributed by atoms with E-state index >= 15 is 0 Å². The average Bonchev–Trinajstić information content (AvgIpc) is 3.53. The third-order valence-corrected chi connectivity index (χ3v) is 9.83. The summed E-state index contributed by atoms with van der Waals surface area (Å²) in [5, 5.41) is 8.12. The van der Waals surface area contributed by atoms with Gasteiger partial charge in [0.05, 0.1) is 6.54 Å². The van der Waals surface area contributed by atoms with Crippen LogP contribution in [0.3, 0.4) is 0 Å². The van der Waals surface area contributed by atoms with E-state index in [1.165, 1.54) is 32.7 Å². The maximum absolute atomic E-state index is 6.83. The van der Waals surface area contributed by atoms with Crippen molar-refractivity contribution in [2.45, 2.75) is 19.9 Å². The Morgan fingerprint density at radius 3 is 2.18 bits per heavy atom. The molecule has 1 aliphatic rings. The zero-order chi connectivity index (χ0) is 33.6. The van der Waals surface area contributed by atoms with Crippen molar-refractivity contribution < 1.29 is 4.42 Å². The van der Waals surface area contributed by atoms with E-state index in [1.807, 2.05) is 6.07 Å². The summed E-state index contributed by atoms with van der Waals surface area (Å²) >= 11 is 0. The Bertz CT molecular complexity index is 2690. The number of nitrogens with zero attached hydrogens (tertiary/aromatic N) is 2. The maximum atomic E-state index is 6.83. The molecule has 8 aromatic rings. The largest absolute Gasteiger partial charge is 0.460 e. The van der Waals surface area contributed by atoms with Gasteiger partial charge in [-0.2, -0.15) is 0 Å². The van der Waals surface area contributed by atoms with Crippen molar-refractivity contribution in [1.29, 1.82) is 0 Å². The molecule has 4 nitrogen and oxygen atoms in total. The highest BCUT2D eigenvalue weighted by Gasteiger charge is 2.20. The number of aliphatic imine (C=N–C) groups is 2. The van der Waals surface area contributed by atoms with Gasteiger partial charge in [-0.25, -0.2) is 4.99 Å². The minimum Gasteiger partial charge on any atom is -0.460 e. The van der Waals surface area contributed by atoms with Gasteiger partial charge < -0.3 is 10.2 Å². The van der Waals surface area contributed by atoms with Gasteiger partial charge in [0, 0.05) is 28.5 Å². The number of hydrogen-bond donors (Lipinski definition) is 1. The maximum Gasteiger partial charge on any atom is 0.157 e. The van der Waals surface area contributed by atoms with Gasteiger partial charge in [-0.1, -0.05) is 128 Å². The van der Waals surface area contributed by atoms with Crippen molar-refractivity contribution in [3.05, 3.63) is 174 Å². The zero-order valence-corrected chi connectivity index (χ0v) is 27.8. The normalized spacial score (nSPS) is 14.9. The van der Waals surface area contributed by atoms with Crippen molar-refractivity contribution in [3.63, 3.8) is 0 Å². The minimum absolute atomic E-state index is 0.424. The first-order chi connectivity index (χ1) is 24.6. The highest BCUT2D eigenvalue weighted by molar-refractivity contribution is 6.13. The topological polar surface area (TPSA) is 63.9 Å². The van der Waals surface area contributed by atoms with Crippen LogP contribution in [0.4, 0.5) is 0 Å². The summed E-state index contributed by atoms with van der Waals surface area (Å²) in [6.07, 6.45) is 5.43. The molecular weight excluding hydrogens is 611 g/mol. The molecule has 7 aromatic carbocycles. The zero-order valence-electron chi connectivity index (χ0n) is 27.8. The van der Waals surface area contributed by atoms with Crippen molar-refractivity contribution >= 4 is 61.0 Å². The molecule has 1 atom stereocenters. The van der Waals surface area contributed by atoms with Crippen molar-refractivity contribution in [1.82, 2.24) is 0 Å². The molecule has 0 aliphatic heterocycles. The molecule has 240 valence electrons. The van der Waals surface area contributed by atoms with Gasteiger partial charge in [-0.05, 0) is 85.3 Å². The predicted octanol–water partition coefficient (Wildman–Crippen LogP) is 11.1. The molecule has 1 aliphatic carbocycles. The average molecular weight is 646 g/mol. The number of hydrogen-bond acceptors (Lipinski definition) is 2. The van der Waals surface area contributed by atoms with E-state index in [9.17, 15) is 0 Å². The van der Waals surface area contributed by atoms with E-state index in [2.05, 4.69) is 153 Å². The van der Waals surface area contributed by atoms with E-state index in [0.29, 0.717) is 24.1 Å². The van der Waals surface area contributed by atoms with Crippen LogP contribution in [0.5, 0.6) is 0 Å². The summed E-state index contributed by atoms with van der Waals surface area (Å²) < 4.78 is 6.33. The fraction of sp³-hybridized carbons (Fsp3) is 0.0870. The number of allylic oxidation sites excluding steroid dienone is 1. The number of nitrogens with two attached hydrogens (primary N) is 1. The number of fused-ring (bicyclic) bond motifs is 6. The quantitative estimate of drug-likeness (QED) is 0.150. The molecule has 2 N–H and O–H groups in total. The lowest BCUT2D eigenvalue weighted by Crippen LogP contribution is -2.16. The first-order valence-electron chi connectivity index (χ1n) is 17.2. The second-order valence-corrected chi connectivity index (χ2v) is 13.3. The molecule has 1 heterocycles. The highest BCUT2D eigenvalue weighted by Crippen LogP contribution is 2.39. The van der Waals surface area contributed by atoms with E-state index in [-0.39, 0.29) is 0 Å². The third-order valence-electron chi connectivity index (χ3n) is 9.83. The highest BCUT2D eigenvalue weighted by atomic mass is 16.3. The first-order valence-corrected chi connectivity index (χ1v) is 17.2. The molecule has 50 heavy (non-hydrogen) atoms. The van der Waals surface area contributed by atoms with Gasteiger partial charge in [-0.3, -0.25) is 4.99 Å². The van der Waals surface area contributed by atoms with Crippen LogP contribution in [-0.4, -0.2) is 11.7 Å². The Morgan fingerprint density at radius 2 is 1.36 bits per heavy atom. The molecule has 9 rings (SSSR count). The molecule has 0 bridgehead atoms. The van der Waals surface area contributed by atoms with Crippen LogP contribution in [0.1, 0.15) is 34.9 Å². The Balaban J connectivity index is 1.10. The monoisotopic (exact) mass is 645 g/mol. The minimum atomic E-state index is 0.424. The Labute approximate surface area is 290 Å². The molecule has 0 spiro atoms. The molecule has 0 saturated heterocycles. The fourth-order valence-electron chi connectivity index (χ4n) is 7.19. The molecule has 0 fully saturated rings. The van der Waals surface area contributed by atoms with Gasteiger partial charge in [0.15, 0.2) is 5.84 Å². The SMILES string of the molecule is CC1C=Cc2c(oc3cccc(-c4ccc5ccc(/C(N)=N/C(=N\Cc6ccc7ccccc7c6)c6ccc7ccccc7c6)cc5c4)c23)C1. The second kappa shape index (κ2) is 12.3. The van der Waals surface area contributed by atoms with Crippen molar-refractivity contribution in [2.75, 3.05) is 0 Å². The van der Waals surface area contributed by atoms with Crippen LogP contribution in [0.2, 0.25) is 0 Å². The molecule has 4 heteroatoms. The molecule has 1 unspecified atom stereocenters. The summed E-state index contributed by atoms with van der Waals surface area (Å²) in [5.74, 6) is 2.57. The Kier molecular flexibility index (Phi) is 7.35. The van der Waals surface area contributed by atoms with Crippen LogP contribution in [-0.2, 0) is 13.0 Å². The second-order valence-electron chi connectivity index (χ2n) is 13.3. The smallest absolute Gasteiger partial charge is 0.157 e. The number of furan rings is 1. The molecule has 0 radical (unpaired) electrons. The van der Waals surface area contributed by atoms with Gasteiger partial charge >= 0.3 is 0 Å². The van der Waals surface area contributed by atoms with E-state index < -0.39 is 0 Å². The summed E-state index contributed by atoms with van der Waals surface area (Å²) in [5.41, 5.74) is 14.2. The lowest BCUT2D eigenvalue weighted by Gasteiger charge is -2.11. The molecule has 0 saturated carbocycles. The summed E-state index contributed by atoms with van der Waals surface area (Å²) in [7, 11) is 0. The number of rotatable bonds is 5. The van der Waals surface area contributed by atoms with Crippen LogP contribution in [0, 0.1) is 5.92 Å². The molecular formula is C46H35N3O. The lowest BCUT2D eigenvalue weighted by atomic mass is 9.91. The van der Waals surface area contributed by atoms with Crippen molar-refractivity contribution in [3.8, 4) is 11.1 Å². The van der Waals surface area contributed by atoms with Gasteiger partial charge in [0.2, 0.25) is 0 Å². The molecule has 1 aromatic heterocycles. The van der Waals surface area contributed by atoms with Gasteiger partial charge in [0.1, 0.15) is 17.2 Å². The fourth-order valence-corrected chi connectivity index (χ4v) is 7.19. The van der Waals surface area contributed by atoms with Gasteiger partial charge in [-0.15, -0.1) is 0 Å². The number of benzene rings is 7. The van der Waals surface area contributed by atoms with E-state index in [1.54, 1.807) is 0 Å². The summed E-state index contributed by atoms with van der Waals surface area (Å²) in [6.45, 7) is 2.72. The van der Waals surface area contributed by atoms with Crippen molar-refractivity contribution in [2.24, 2.45) is 21.6 Å². The Hall–Kier alpha value is -6.26. The lowest BCUT2D eigenvalue weighted by molar-refractivity contribution is 0.513. The summed E-state index contributed by atoms with van der Waals surface area (Å²) in [4.78, 5) is 10.1. The van der Waals surface area contributed by atoms with E-state index in [0.717, 1.165) is 56.2 Å². The predicted molar refractivity (Wildman–Crippen MR) is 210 cm³/mol. The van der Waals surface area contributed by atoms with Crippen LogP contribution >= 0.6 is 0 Å². The van der Waals surface area contributed by atoms with Crippen LogP contribution in [0.25, 0.3) is 60.5 Å². The first kappa shape index (κ1) is 29.8. The van der Waals surface area contributed by atoms with Crippen LogP contribution < -0.4 is 5.73 Å². The number of amidine groups is 2.